The van der Waals surface area contributed by atoms with Gasteiger partial charge in [-0.3, -0.25) is 0 Å². The number of thiocarbonyl (C=S) groups is 1. The molecule has 0 heterocycles. The van der Waals surface area contributed by atoms with Crippen LogP contribution in [0.25, 0.3) is 0 Å². The standard InChI is InChI=1S/C14H18F3NOS/c1-2-3-4-5-8-19-10-6-7-12(14(15,16)17)11(9-10)13(18)20/h6-7,9H,2-5,8H2,1H3,(H2,18,20). The number of unbranched alkanes of at least 4 members (excludes halogenated alkanes) is 3. The largest absolute Gasteiger partial charge is 0.494 e. The van der Waals surface area contributed by atoms with E-state index in [1.165, 1.54) is 12.1 Å². The summed E-state index contributed by atoms with van der Waals surface area (Å²) in [5.41, 5.74) is 4.32. The van der Waals surface area contributed by atoms with E-state index in [0.717, 1.165) is 31.7 Å². The number of hydrogen-bond acceptors (Lipinski definition) is 2. The predicted molar refractivity (Wildman–Crippen MR) is 77.0 cm³/mol. The van der Waals surface area contributed by atoms with E-state index in [0.29, 0.717) is 12.4 Å². The van der Waals surface area contributed by atoms with Gasteiger partial charge in [0.15, 0.2) is 0 Å². The van der Waals surface area contributed by atoms with Crippen LogP contribution in [0.1, 0.15) is 43.7 Å². The van der Waals surface area contributed by atoms with E-state index in [1.54, 1.807) is 0 Å². The molecule has 0 aliphatic carbocycles. The Hall–Kier alpha value is -1.30. The lowest BCUT2D eigenvalue weighted by Crippen LogP contribution is -2.18. The molecule has 0 saturated heterocycles. The highest BCUT2D eigenvalue weighted by molar-refractivity contribution is 7.80. The third-order valence-electron chi connectivity index (χ3n) is 2.83. The van der Waals surface area contributed by atoms with Gasteiger partial charge in [-0.05, 0) is 24.6 Å². The molecule has 0 atom stereocenters. The van der Waals surface area contributed by atoms with Crippen molar-refractivity contribution in [3.63, 3.8) is 0 Å². The van der Waals surface area contributed by atoms with Gasteiger partial charge in [0.05, 0.1) is 12.2 Å². The smallest absolute Gasteiger partial charge is 0.417 e. The van der Waals surface area contributed by atoms with Crippen LogP contribution in [0.2, 0.25) is 0 Å². The number of benzene rings is 1. The van der Waals surface area contributed by atoms with E-state index in [9.17, 15) is 13.2 Å². The Morgan fingerprint density at radius 2 is 1.95 bits per heavy atom. The summed E-state index contributed by atoms with van der Waals surface area (Å²) in [6.45, 7) is 2.58. The van der Waals surface area contributed by atoms with Crippen LogP contribution in [-0.2, 0) is 6.18 Å². The first-order chi connectivity index (χ1) is 9.36. The van der Waals surface area contributed by atoms with Crippen molar-refractivity contribution in [2.24, 2.45) is 5.73 Å². The van der Waals surface area contributed by atoms with Gasteiger partial charge in [0.25, 0.3) is 0 Å². The zero-order valence-electron chi connectivity index (χ0n) is 11.3. The van der Waals surface area contributed by atoms with Crippen LogP contribution in [0.5, 0.6) is 5.75 Å². The van der Waals surface area contributed by atoms with Gasteiger partial charge in [0.1, 0.15) is 10.7 Å². The molecule has 6 heteroatoms. The van der Waals surface area contributed by atoms with Crippen LogP contribution in [0.4, 0.5) is 13.2 Å². The molecule has 112 valence electrons. The first-order valence-corrected chi connectivity index (χ1v) is 6.91. The van der Waals surface area contributed by atoms with Crippen molar-refractivity contribution < 1.29 is 17.9 Å². The average Bonchev–Trinajstić information content (AvgIpc) is 2.37. The summed E-state index contributed by atoms with van der Waals surface area (Å²) >= 11 is 4.67. The molecule has 20 heavy (non-hydrogen) atoms. The molecule has 0 unspecified atom stereocenters. The van der Waals surface area contributed by atoms with Crippen LogP contribution in [0.15, 0.2) is 18.2 Å². The monoisotopic (exact) mass is 305 g/mol. The Labute approximate surface area is 122 Å². The molecular formula is C14H18F3NOS. The third-order valence-corrected chi connectivity index (χ3v) is 3.05. The van der Waals surface area contributed by atoms with Gasteiger partial charge >= 0.3 is 6.18 Å². The molecule has 1 aromatic rings. The van der Waals surface area contributed by atoms with E-state index < -0.39 is 11.7 Å². The summed E-state index contributed by atoms with van der Waals surface area (Å²) in [4.78, 5) is -0.284. The number of nitrogens with two attached hydrogens (primary N) is 1. The van der Waals surface area contributed by atoms with Crippen molar-refractivity contribution in [3.8, 4) is 5.75 Å². The van der Waals surface area contributed by atoms with Crippen LogP contribution in [0, 0.1) is 0 Å². The maximum atomic E-state index is 12.8. The summed E-state index contributed by atoms with van der Waals surface area (Å²) in [6, 6.07) is 3.51. The molecule has 2 N–H and O–H groups in total. The normalized spacial score (nSPS) is 11.4. The van der Waals surface area contributed by atoms with Crippen LogP contribution in [0.3, 0.4) is 0 Å². The van der Waals surface area contributed by atoms with Crippen LogP contribution < -0.4 is 10.5 Å². The lowest BCUT2D eigenvalue weighted by atomic mass is 10.1. The zero-order valence-corrected chi connectivity index (χ0v) is 12.1. The van der Waals surface area contributed by atoms with Gasteiger partial charge in [-0.15, -0.1) is 0 Å². The average molecular weight is 305 g/mol. The molecule has 0 aliphatic rings. The minimum atomic E-state index is -4.47. The van der Waals surface area contributed by atoms with Gasteiger partial charge in [-0.2, -0.15) is 13.2 Å². The van der Waals surface area contributed by atoms with Crippen molar-refractivity contribution in [2.75, 3.05) is 6.61 Å². The van der Waals surface area contributed by atoms with Crippen molar-refractivity contribution in [1.82, 2.24) is 0 Å². The van der Waals surface area contributed by atoms with E-state index in [4.69, 9.17) is 10.5 Å². The fourth-order valence-electron chi connectivity index (χ4n) is 1.78. The van der Waals surface area contributed by atoms with E-state index in [-0.39, 0.29) is 10.6 Å². The highest BCUT2D eigenvalue weighted by Gasteiger charge is 2.34. The molecule has 0 amide bonds. The SMILES string of the molecule is CCCCCCOc1ccc(C(F)(F)F)c(C(N)=S)c1. The number of alkyl halides is 3. The Kier molecular flexibility index (Phi) is 6.26. The minimum Gasteiger partial charge on any atom is -0.494 e. The highest BCUT2D eigenvalue weighted by atomic mass is 32.1. The molecule has 0 aromatic heterocycles. The summed E-state index contributed by atoms with van der Waals surface area (Å²) < 4.78 is 43.8. The minimum absolute atomic E-state index is 0.196. The molecule has 0 radical (unpaired) electrons. The number of halogens is 3. The molecule has 0 bridgehead atoms. The van der Waals surface area contributed by atoms with E-state index in [2.05, 4.69) is 19.1 Å². The second kappa shape index (κ2) is 7.47. The number of rotatable bonds is 7. The van der Waals surface area contributed by atoms with Gasteiger partial charge in [0.2, 0.25) is 0 Å². The summed E-state index contributed by atoms with van der Waals surface area (Å²) in [5, 5.41) is 0. The highest BCUT2D eigenvalue weighted by Crippen LogP contribution is 2.33. The van der Waals surface area contributed by atoms with Gasteiger partial charge in [-0.1, -0.05) is 38.4 Å². The Morgan fingerprint density at radius 1 is 1.25 bits per heavy atom. The molecule has 1 aromatic carbocycles. The molecule has 1 rings (SSSR count). The molecule has 0 fully saturated rings. The molecule has 0 aliphatic heterocycles. The third kappa shape index (κ3) is 5.00. The maximum absolute atomic E-state index is 12.8. The van der Waals surface area contributed by atoms with Crippen molar-refractivity contribution in [1.29, 1.82) is 0 Å². The molecule has 0 spiro atoms. The van der Waals surface area contributed by atoms with E-state index >= 15 is 0 Å². The second-order valence-corrected chi connectivity index (χ2v) is 4.92. The second-order valence-electron chi connectivity index (χ2n) is 4.48. The fourth-order valence-corrected chi connectivity index (χ4v) is 1.95. The first kappa shape index (κ1) is 16.8. The van der Waals surface area contributed by atoms with Crippen LogP contribution >= 0.6 is 12.2 Å². The van der Waals surface area contributed by atoms with E-state index in [1.807, 2.05) is 0 Å². The molecule has 0 saturated carbocycles. The zero-order chi connectivity index (χ0) is 15.2. The summed E-state index contributed by atoms with van der Waals surface area (Å²) in [6.07, 6.45) is -0.324. The fraction of sp³-hybridized carbons (Fsp3) is 0.500. The Bertz CT molecular complexity index is 460. The van der Waals surface area contributed by atoms with Crippen molar-refractivity contribution in [3.05, 3.63) is 29.3 Å². The van der Waals surface area contributed by atoms with Crippen molar-refractivity contribution in [2.45, 2.75) is 38.8 Å². The number of hydrogen-bond donors (Lipinski definition) is 1. The molecular weight excluding hydrogens is 287 g/mol. The van der Waals surface area contributed by atoms with Gasteiger partial charge < -0.3 is 10.5 Å². The van der Waals surface area contributed by atoms with Gasteiger partial charge in [-0.25, -0.2) is 0 Å². The Balaban J connectivity index is 2.76. The van der Waals surface area contributed by atoms with Gasteiger partial charge in [0, 0.05) is 5.56 Å². The summed E-state index contributed by atoms with van der Waals surface area (Å²) in [5.74, 6) is 0.359. The maximum Gasteiger partial charge on any atom is 0.417 e. The van der Waals surface area contributed by atoms with Crippen LogP contribution in [-0.4, -0.2) is 11.6 Å². The lowest BCUT2D eigenvalue weighted by Gasteiger charge is -2.14. The topological polar surface area (TPSA) is 35.2 Å². The summed E-state index contributed by atoms with van der Waals surface area (Å²) in [7, 11) is 0. The quantitative estimate of drug-likeness (QED) is 0.602. The Morgan fingerprint density at radius 3 is 2.50 bits per heavy atom. The molecule has 2 nitrogen and oxygen atoms in total. The number of ether oxygens (including phenoxy) is 1. The first-order valence-electron chi connectivity index (χ1n) is 6.50. The predicted octanol–water partition coefficient (Wildman–Crippen LogP) is 4.30. The van der Waals surface area contributed by atoms with Crippen molar-refractivity contribution >= 4 is 17.2 Å². The lowest BCUT2D eigenvalue weighted by molar-refractivity contribution is -0.137.